The highest BCUT2D eigenvalue weighted by Crippen LogP contribution is 2.08. The van der Waals surface area contributed by atoms with Gasteiger partial charge in [-0.05, 0) is 32.2 Å². The first-order valence-electron chi connectivity index (χ1n) is 6.19. The molecule has 1 saturated heterocycles. The summed E-state index contributed by atoms with van der Waals surface area (Å²) in [7, 11) is 0. The molecule has 0 aromatic rings. The van der Waals surface area contributed by atoms with Gasteiger partial charge in [0.1, 0.15) is 0 Å². The largest absolute Gasteiger partial charge is 0.377 e. The van der Waals surface area contributed by atoms with E-state index >= 15 is 0 Å². The van der Waals surface area contributed by atoms with Crippen molar-refractivity contribution in [1.29, 1.82) is 0 Å². The minimum absolute atomic E-state index is 0.337. The predicted molar refractivity (Wildman–Crippen MR) is 63.9 cm³/mol. The molecule has 0 aromatic heterocycles. The van der Waals surface area contributed by atoms with Gasteiger partial charge in [0.2, 0.25) is 0 Å². The van der Waals surface area contributed by atoms with Crippen LogP contribution in [0.4, 0.5) is 0 Å². The quantitative estimate of drug-likeness (QED) is 0.770. The van der Waals surface area contributed by atoms with E-state index in [-0.39, 0.29) is 0 Å². The third-order valence-electron chi connectivity index (χ3n) is 3.17. The predicted octanol–water partition coefficient (Wildman–Crippen LogP) is 1.47. The molecule has 2 unspecified atom stereocenters. The SMILES string of the molecule is CC1CN(CCC(N)C(C)C)CCCO1. The minimum atomic E-state index is 0.337. The summed E-state index contributed by atoms with van der Waals surface area (Å²) in [6, 6.07) is 0.337. The van der Waals surface area contributed by atoms with Gasteiger partial charge in [-0.2, -0.15) is 0 Å². The van der Waals surface area contributed by atoms with Gasteiger partial charge in [0.25, 0.3) is 0 Å². The van der Waals surface area contributed by atoms with Gasteiger partial charge in [-0.15, -0.1) is 0 Å². The summed E-state index contributed by atoms with van der Waals surface area (Å²) >= 11 is 0. The number of ether oxygens (including phenoxy) is 1. The summed E-state index contributed by atoms with van der Waals surface area (Å²) in [5.74, 6) is 0.589. The van der Waals surface area contributed by atoms with Crippen LogP contribution in [0, 0.1) is 5.92 Å². The van der Waals surface area contributed by atoms with Crippen molar-refractivity contribution in [3.8, 4) is 0 Å². The fourth-order valence-corrected chi connectivity index (χ4v) is 1.95. The van der Waals surface area contributed by atoms with Crippen molar-refractivity contribution in [3.63, 3.8) is 0 Å². The third-order valence-corrected chi connectivity index (χ3v) is 3.17. The van der Waals surface area contributed by atoms with Crippen LogP contribution in [0.1, 0.15) is 33.6 Å². The molecular formula is C12H26N2O. The Bertz CT molecular complexity index is 173. The van der Waals surface area contributed by atoms with Crippen molar-refractivity contribution in [2.45, 2.75) is 45.8 Å². The average Bonchev–Trinajstić information content (AvgIpc) is 2.38. The molecular weight excluding hydrogens is 188 g/mol. The molecule has 2 atom stereocenters. The molecule has 0 saturated carbocycles. The van der Waals surface area contributed by atoms with E-state index in [9.17, 15) is 0 Å². The molecule has 2 N–H and O–H groups in total. The van der Waals surface area contributed by atoms with Gasteiger partial charge in [0, 0.05) is 25.7 Å². The van der Waals surface area contributed by atoms with Crippen LogP contribution in [-0.2, 0) is 4.74 Å². The minimum Gasteiger partial charge on any atom is -0.377 e. The summed E-state index contributed by atoms with van der Waals surface area (Å²) in [6.07, 6.45) is 2.63. The molecule has 1 aliphatic heterocycles. The van der Waals surface area contributed by atoms with Crippen LogP contribution in [0.5, 0.6) is 0 Å². The maximum absolute atomic E-state index is 6.05. The van der Waals surface area contributed by atoms with Gasteiger partial charge in [-0.3, -0.25) is 0 Å². The van der Waals surface area contributed by atoms with Crippen molar-refractivity contribution in [1.82, 2.24) is 4.90 Å². The Balaban J connectivity index is 2.24. The van der Waals surface area contributed by atoms with Crippen LogP contribution >= 0.6 is 0 Å². The highest BCUT2D eigenvalue weighted by Gasteiger charge is 2.16. The maximum atomic E-state index is 6.05. The molecule has 0 aliphatic carbocycles. The monoisotopic (exact) mass is 214 g/mol. The van der Waals surface area contributed by atoms with Crippen LogP contribution in [0.15, 0.2) is 0 Å². The van der Waals surface area contributed by atoms with Crippen LogP contribution in [-0.4, -0.2) is 43.3 Å². The fraction of sp³-hybridized carbons (Fsp3) is 1.00. The first-order chi connectivity index (χ1) is 7.09. The summed E-state index contributed by atoms with van der Waals surface area (Å²) in [6.45, 7) is 10.8. The van der Waals surface area contributed by atoms with Crippen LogP contribution < -0.4 is 5.73 Å². The maximum Gasteiger partial charge on any atom is 0.0673 e. The van der Waals surface area contributed by atoms with E-state index < -0.39 is 0 Å². The van der Waals surface area contributed by atoms with E-state index in [4.69, 9.17) is 10.5 Å². The number of nitrogens with two attached hydrogens (primary N) is 1. The Hall–Kier alpha value is -0.120. The normalized spacial score (nSPS) is 26.6. The molecule has 3 heteroatoms. The molecule has 0 spiro atoms. The molecule has 90 valence electrons. The van der Waals surface area contributed by atoms with E-state index in [1.807, 2.05) is 0 Å². The molecule has 1 fully saturated rings. The molecule has 0 amide bonds. The van der Waals surface area contributed by atoms with Gasteiger partial charge in [-0.25, -0.2) is 0 Å². The van der Waals surface area contributed by atoms with Crippen LogP contribution in [0.3, 0.4) is 0 Å². The van der Waals surface area contributed by atoms with E-state index in [0.29, 0.717) is 18.1 Å². The Morgan fingerprint density at radius 1 is 1.47 bits per heavy atom. The number of hydrogen-bond donors (Lipinski definition) is 1. The second kappa shape index (κ2) is 6.46. The Morgan fingerprint density at radius 3 is 2.87 bits per heavy atom. The van der Waals surface area contributed by atoms with Crippen molar-refractivity contribution in [3.05, 3.63) is 0 Å². The first kappa shape index (κ1) is 12.9. The molecule has 0 bridgehead atoms. The first-order valence-corrected chi connectivity index (χ1v) is 6.19. The lowest BCUT2D eigenvalue weighted by Crippen LogP contribution is -2.36. The molecule has 0 radical (unpaired) electrons. The molecule has 15 heavy (non-hydrogen) atoms. The van der Waals surface area contributed by atoms with Crippen molar-refractivity contribution >= 4 is 0 Å². The Morgan fingerprint density at radius 2 is 2.20 bits per heavy atom. The second-order valence-electron chi connectivity index (χ2n) is 5.03. The van der Waals surface area contributed by atoms with Crippen molar-refractivity contribution < 1.29 is 4.74 Å². The van der Waals surface area contributed by atoms with Gasteiger partial charge >= 0.3 is 0 Å². The Labute approximate surface area is 94.0 Å². The lowest BCUT2D eigenvalue weighted by molar-refractivity contribution is 0.0672. The topological polar surface area (TPSA) is 38.5 Å². The zero-order chi connectivity index (χ0) is 11.3. The Kier molecular flexibility index (Phi) is 5.58. The third kappa shape index (κ3) is 4.96. The fourth-order valence-electron chi connectivity index (χ4n) is 1.95. The summed E-state index contributed by atoms with van der Waals surface area (Å²) in [4.78, 5) is 2.49. The number of hydrogen-bond acceptors (Lipinski definition) is 3. The number of nitrogens with zero attached hydrogens (tertiary/aromatic N) is 1. The van der Waals surface area contributed by atoms with Crippen molar-refractivity contribution in [2.24, 2.45) is 11.7 Å². The van der Waals surface area contributed by atoms with Gasteiger partial charge < -0.3 is 15.4 Å². The van der Waals surface area contributed by atoms with E-state index in [0.717, 1.165) is 39.1 Å². The van der Waals surface area contributed by atoms with Crippen LogP contribution in [0.25, 0.3) is 0 Å². The molecule has 1 heterocycles. The summed E-state index contributed by atoms with van der Waals surface area (Å²) < 4.78 is 5.61. The molecule has 0 aromatic carbocycles. The highest BCUT2D eigenvalue weighted by atomic mass is 16.5. The van der Waals surface area contributed by atoms with E-state index in [1.54, 1.807) is 0 Å². The van der Waals surface area contributed by atoms with E-state index in [1.165, 1.54) is 0 Å². The van der Waals surface area contributed by atoms with Crippen LogP contribution in [0.2, 0.25) is 0 Å². The van der Waals surface area contributed by atoms with Gasteiger partial charge in [0.15, 0.2) is 0 Å². The zero-order valence-corrected chi connectivity index (χ0v) is 10.4. The zero-order valence-electron chi connectivity index (χ0n) is 10.4. The summed E-state index contributed by atoms with van der Waals surface area (Å²) in [5.41, 5.74) is 6.05. The second-order valence-corrected chi connectivity index (χ2v) is 5.03. The van der Waals surface area contributed by atoms with Gasteiger partial charge in [-0.1, -0.05) is 13.8 Å². The molecule has 1 rings (SSSR count). The summed E-state index contributed by atoms with van der Waals surface area (Å²) in [5, 5.41) is 0. The van der Waals surface area contributed by atoms with Crippen molar-refractivity contribution in [2.75, 3.05) is 26.2 Å². The lowest BCUT2D eigenvalue weighted by atomic mass is 10.0. The van der Waals surface area contributed by atoms with Gasteiger partial charge in [0.05, 0.1) is 6.10 Å². The molecule has 1 aliphatic rings. The van der Waals surface area contributed by atoms with E-state index in [2.05, 4.69) is 25.7 Å². The smallest absolute Gasteiger partial charge is 0.0673 e. The lowest BCUT2D eigenvalue weighted by Gasteiger charge is -2.24. The average molecular weight is 214 g/mol. The standard InChI is InChI=1S/C12H26N2O/c1-10(2)12(13)5-7-14-6-4-8-15-11(3)9-14/h10-12H,4-9,13H2,1-3H3. The highest BCUT2D eigenvalue weighted by molar-refractivity contribution is 4.71. The molecule has 3 nitrogen and oxygen atoms in total. The number of rotatable bonds is 4.